The van der Waals surface area contributed by atoms with Gasteiger partial charge in [0.25, 0.3) is 0 Å². The van der Waals surface area contributed by atoms with Crippen LogP contribution >= 0.6 is 23.2 Å². The molecule has 1 aliphatic heterocycles. The zero-order valence-electron chi connectivity index (χ0n) is 8.38. The molecule has 1 N–H and O–H groups in total. The van der Waals surface area contributed by atoms with E-state index in [-0.39, 0.29) is 16.9 Å². The predicted molar refractivity (Wildman–Crippen MR) is 55.6 cm³/mol. The molecule has 0 radical (unpaired) electrons. The molecule has 0 saturated carbocycles. The lowest BCUT2D eigenvalue weighted by Gasteiger charge is -2.29. The second-order valence-corrected chi connectivity index (χ2v) is 3.77. The number of hydrogen-bond donors (Lipinski definition) is 1. The van der Waals surface area contributed by atoms with Crippen LogP contribution in [0.15, 0.2) is 10.3 Å². The third-order valence-electron chi connectivity index (χ3n) is 1.84. The Bertz CT molecular complexity index is 315. The van der Waals surface area contributed by atoms with E-state index in [1.165, 1.54) is 5.06 Å². The van der Waals surface area contributed by atoms with Crippen LogP contribution in [0.5, 0.6) is 0 Å². The topological polar surface area (TPSA) is 57.5 Å². The van der Waals surface area contributed by atoms with Crippen LogP contribution in [-0.4, -0.2) is 31.0 Å². The first-order valence-corrected chi connectivity index (χ1v) is 4.97. The van der Waals surface area contributed by atoms with Crippen LogP contribution < -0.4 is 5.32 Å². The molecule has 1 unspecified atom stereocenters. The van der Waals surface area contributed by atoms with E-state index >= 15 is 0 Å². The Hall–Kier alpha value is -0.670. The number of nitrogens with zero attached hydrogens (tertiary/aromatic N) is 2. The van der Waals surface area contributed by atoms with E-state index in [4.69, 9.17) is 38.0 Å². The van der Waals surface area contributed by atoms with Crippen molar-refractivity contribution >= 4 is 23.2 Å². The summed E-state index contributed by atoms with van der Waals surface area (Å²) in [6, 6.07) is 2.02. The third kappa shape index (κ3) is 2.47. The number of rotatable bonds is 4. The molecular formula is C8H11Cl2N3O2. The quantitative estimate of drug-likeness (QED) is 0.604. The van der Waals surface area contributed by atoms with E-state index in [2.05, 4.69) is 5.32 Å². The van der Waals surface area contributed by atoms with Gasteiger partial charge in [0, 0.05) is 7.11 Å². The Balaban J connectivity index is 2.69. The summed E-state index contributed by atoms with van der Waals surface area (Å²) in [5, 5.41) is 13.3. The average Bonchev–Trinajstić information content (AvgIpc) is 2.43. The van der Waals surface area contributed by atoms with Gasteiger partial charge in [0.2, 0.25) is 5.66 Å². The monoisotopic (exact) mass is 251 g/mol. The molecule has 7 heteroatoms. The van der Waals surface area contributed by atoms with Gasteiger partial charge in [-0.05, 0) is 6.92 Å². The summed E-state index contributed by atoms with van der Waals surface area (Å²) in [7, 11) is 1.56. The number of hydrogen-bond acceptors (Lipinski definition) is 5. The Kier molecular flexibility index (Phi) is 4.05. The highest BCUT2D eigenvalue weighted by atomic mass is 35.5. The third-order valence-corrected chi connectivity index (χ3v) is 2.56. The van der Waals surface area contributed by atoms with Crippen LogP contribution in [0.1, 0.15) is 6.92 Å². The highest BCUT2D eigenvalue weighted by Gasteiger charge is 2.42. The van der Waals surface area contributed by atoms with Crippen LogP contribution in [-0.2, 0) is 9.57 Å². The summed E-state index contributed by atoms with van der Waals surface area (Å²) >= 11 is 11.6. The van der Waals surface area contributed by atoms with Crippen molar-refractivity contribution in [2.24, 2.45) is 0 Å². The Morgan fingerprint density at radius 3 is 2.73 bits per heavy atom. The molecule has 0 spiro atoms. The standard InChI is InChI=1S/C8H11Cl2N3O2/c1-8(5-11)12-6(9)7(10)13(8)15-4-3-14-2/h12H,3-4H2,1-2H3. The van der Waals surface area contributed by atoms with E-state index < -0.39 is 5.66 Å². The van der Waals surface area contributed by atoms with Crippen molar-refractivity contribution in [3.05, 3.63) is 10.3 Å². The molecule has 84 valence electrons. The summed E-state index contributed by atoms with van der Waals surface area (Å²) in [4.78, 5) is 5.28. The summed E-state index contributed by atoms with van der Waals surface area (Å²) in [5.74, 6) is 0. The fraction of sp³-hybridized carbons (Fsp3) is 0.625. The lowest BCUT2D eigenvalue weighted by molar-refractivity contribution is -0.174. The second kappa shape index (κ2) is 4.90. The maximum Gasteiger partial charge on any atom is 0.222 e. The van der Waals surface area contributed by atoms with Crippen molar-refractivity contribution in [2.75, 3.05) is 20.3 Å². The number of methoxy groups -OCH3 is 1. The van der Waals surface area contributed by atoms with Crippen molar-refractivity contribution in [1.29, 1.82) is 5.26 Å². The summed E-state index contributed by atoms with van der Waals surface area (Å²) in [6.45, 7) is 2.30. The second-order valence-electron chi connectivity index (χ2n) is 3.03. The highest BCUT2D eigenvalue weighted by molar-refractivity contribution is 6.39. The number of nitrogens with one attached hydrogen (secondary N) is 1. The lowest BCUT2D eigenvalue weighted by Crippen LogP contribution is -2.48. The van der Waals surface area contributed by atoms with Crippen LogP contribution in [0.3, 0.4) is 0 Å². The largest absolute Gasteiger partial charge is 0.382 e. The van der Waals surface area contributed by atoms with Gasteiger partial charge in [0.15, 0.2) is 5.16 Å². The Morgan fingerprint density at radius 2 is 2.20 bits per heavy atom. The molecule has 0 aromatic rings. The SMILES string of the molecule is COCCON1C(Cl)=C(Cl)NC1(C)C#N. The Labute approximate surface area is 98.1 Å². The molecule has 0 fully saturated rings. The highest BCUT2D eigenvalue weighted by Crippen LogP contribution is 2.32. The van der Waals surface area contributed by atoms with E-state index in [9.17, 15) is 0 Å². The number of ether oxygens (including phenoxy) is 1. The molecule has 5 nitrogen and oxygen atoms in total. The van der Waals surface area contributed by atoms with Gasteiger partial charge in [-0.1, -0.05) is 23.2 Å². The fourth-order valence-electron chi connectivity index (χ4n) is 1.07. The molecule has 0 aliphatic carbocycles. The van der Waals surface area contributed by atoms with Gasteiger partial charge in [-0.2, -0.15) is 5.26 Å². The summed E-state index contributed by atoms with van der Waals surface area (Å²) in [6.07, 6.45) is 0. The molecule has 1 atom stereocenters. The van der Waals surface area contributed by atoms with Gasteiger partial charge in [-0.15, -0.1) is 0 Å². The first kappa shape index (κ1) is 12.4. The van der Waals surface area contributed by atoms with Gasteiger partial charge < -0.3 is 10.1 Å². The Morgan fingerprint density at radius 1 is 1.53 bits per heavy atom. The minimum absolute atomic E-state index is 0.164. The number of nitriles is 1. The molecular weight excluding hydrogens is 241 g/mol. The normalized spacial score (nSPS) is 25.4. The number of halogens is 2. The molecule has 0 aromatic carbocycles. The van der Waals surface area contributed by atoms with Gasteiger partial charge in [-0.25, -0.2) is 5.06 Å². The molecule has 0 bridgehead atoms. The molecule has 0 amide bonds. The van der Waals surface area contributed by atoms with Crippen molar-refractivity contribution < 1.29 is 9.57 Å². The van der Waals surface area contributed by atoms with E-state index in [0.29, 0.717) is 6.61 Å². The average molecular weight is 252 g/mol. The first-order valence-electron chi connectivity index (χ1n) is 4.22. The maximum absolute atomic E-state index is 8.98. The summed E-state index contributed by atoms with van der Waals surface area (Å²) in [5.41, 5.74) is -1.08. The van der Waals surface area contributed by atoms with E-state index in [1.54, 1.807) is 14.0 Å². The van der Waals surface area contributed by atoms with E-state index in [0.717, 1.165) is 0 Å². The van der Waals surface area contributed by atoms with Gasteiger partial charge in [-0.3, -0.25) is 4.84 Å². The first-order chi connectivity index (χ1) is 7.05. The van der Waals surface area contributed by atoms with Gasteiger partial charge in [0.1, 0.15) is 11.2 Å². The van der Waals surface area contributed by atoms with Gasteiger partial charge >= 0.3 is 0 Å². The molecule has 1 heterocycles. The molecule has 1 aliphatic rings. The van der Waals surface area contributed by atoms with Gasteiger partial charge in [0.05, 0.1) is 13.2 Å². The predicted octanol–water partition coefficient (Wildman–Crippen LogP) is 1.31. The van der Waals surface area contributed by atoms with Crippen LogP contribution in [0.2, 0.25) is 0 Å². The minimum Gasteiger partial charge on any atom is -0.382 e. The van der Waals surface area contributed by atoms with Crippen LogP contribution in [0.4, 0.5) is 0 Å². The summed E-state index contributed by atoms with van der Waals surface area (Å²) < 4.78 is 4.82. The minimum atomic E-state index is -1.08. The lowest BCUT2D eigenvalue weighted by atomic mass is 10.2. The fourth-order valence-corrected chi connectivity index (χ4v) is 1.60. The molecule has 15 heavy (non-hydrogen) atoms. The molecule has 1 rings (SSSR count). The van der Waals surface area contributed by atoms with E-state index in [1.807, 2.05) is 6.07 Å². The molecule has 0 aromatic heterocycles. The number of hydroxylamine groups is 2. The van der Waals surface area contributed by atoms with Crippen molar-refractivity contribution in [2.45, 2.75) is 12.6 Å². The zero-order chi connectivity index (χ0) is 11.5. The van der Waals surface area contributed by atoms with Crippen molar-refractivity contribution in [3.63, 3.8) is 0 Å². The maximum atomic E-state index is 8.98. The van der Waals surface area contributed by atoms with Crippen molar-refractivity contribution in [1.82, 2.24) is 10.4 Å². The zero-order valence-corrected chi connectivity index (χ0v) is 9.89. The van der Waals surface area contributed by atoms with Crippen LogP contribution in [0, 0.1) is 11.3 Å². The van der Waals surface area contributed by atoms with Crippen LogP contribution in [0.25, 0.3) is 0 Å². The van der Waals surface area contributed by atoms with Crippen molar-refractivity contribution in [3.8, 4) is 6.07 Å². The molecule has 0 saturated heterocycles. The smallest absolute Gasteiger partial charge is 0.222 e.